The van der Waals surface area contributed by atoms with E-state index in [1.165, 1.54) is 16.7 Å². The SMILES string of the molecule is Cc1ccccc1CC(CBr)c1ccc(Br)cc1. The van der Waals surface area contributed by atoms with Crippen molar-refractivity contribution in [2.75, 3.05) is 5.33 Å². The van der Waals surface area contributed by atoms with Crippen LogP contribution in [0.4, 0.5) is 0 Å². The van der Waals surface area contributed by atoms with Gasteiger partial charge in [0.15, 0.2) is 0 Å². The molecule has 0 aliphatic carbocycles. The Bertz CT molecular complexity index is 503. The highest BCUT2D eigenvalue weighted by Crippen LogP contribution is 2.25. The maximum atomic E-state index is 3.64. The zero-order valence-electron chi connectivity index (χ0n) is 10.4. The summed E-state index contributed by atoms with van der Waals surface area (Å²) in [4.78, 5) is 0. The maximum absolute atomic E-state index is 3.64. The summed E-state index contributed by atoms with van der Waals surface area (Å²) in [5.41, 5.74) is 4.20. The van der Waals surface area contributed by atoms with Gasteiger partial charge in [0, 0.05) is 9.80 Å². The molecule has 2 rings (SSSR count). The summed E-state index contributed by atoms with van der Waals surface area (Å²) in [7, 11) is 0. The first kappa shape index (κ1) is 13.8. The van der Waals surface area contributed by atoms with Gasteiger partial charge in [-0.05, 0) is 48.1 Å². The Morgan fingerprint density at radius 3 is 2.28 bits per heavy atom. The fraction of sp³-hybridized carbons (Fsp3) is 0.250. The van der Waals surface area contributed by atoms with Gasteiger partial charge in [0.25, 0.3) is 0 Å². The Morgan fingerprint density at radius 2 is 1.67 bits per heavy atom. The Labute approximate surface area is 126 Å². The molecule has 0 heterocycles. The molecule has 1 atom stereocenters. The predicted molar refractivity (Wildman–Crippen MR) is 85.6 cm³/mol. The van der Waals surface area contributed by atoms with E-state index < -0.39 is 0 Å². The second-order valence-electron chi connectivity index (χ2n) is 4.53. The lowest BCUT2D eigenvalue weighted by molar-refractivity contribution is 0.771. The molecule has 18 heavy (non-hydrogen) atoms. The summed E-state index contributed by atoms with van der Waals surface area (Å²) in [6.07, 6.45) is 1.08. The number of halogens is 2. The summed E-state index contributed by atoms with van der Waals surface area (Å²) in [5.74, 6) is 0.527. The van der Waals surface area contributed by atoms with Crippen molar-refractivity contribution in [3.63, 3.8) is 0 Å². The van der Waals surface area contributed by atoms with Gasteiger partial charge in [-0.3, -0.25) is 0 Å². The molecule has 94 valence electrons. The van der Waals surface area contributed by atoms with E-state index in [4.69, 9.17) is 0 Å². The van der Waals surface area contributed by atoms with Crippen LogP contribution in [-0.4, -0.2) is 5.33 Å². The third-order valence-electron chi connectivity index (χ3n) is 3.26. The molecule has 0 aromatic heterocycles. The average Bonchev–Trinajstić information content (AvgIpc) is 2.39. The molecule has 0 bridgehead atoms. The van der Waals surface area contributed by atoms with E-state index in [9.17, 15) is 0 Å². The van der Waals surface area contributed by atoms with Crippen molar-refractivity contribution in [1.29, 1.82) is 0 Å². The van der Waals surface area contributed by atoms with Gasteiger partial charge in [-0.1, -0.05) is 68.3 Å². The van der Waals surface area contributed by atoms with Crippen LogP contribution in [0.5, 0.6) is 0 Å². The van der Waals surface area contributed by atoms with Crippen LogP contribution in [0.25, 0.3) is 0 Å². The standard InChI is InChI=1S/C16H16Br2/c1-12-4-2-3-5-14(12)10-15(11-17)13-6-8-16(18)9-7-13/h2-9,15H,10-11H2,1H3. The van der Waals surface area contributed by atoms with E-state index in [2.05, 4.69) is 87.3 Å². The first-order valence-corrected chi connectivity index (χ1v) is 7.98. The lowest BCUT2D eigenvalue weighted by atomic mass is 9.92. The molecule has 0 aliphatic heterocycles. The molecule has 0 saturated carbocycles. The molecule has 2 aromatic carbocycles. The molecule has 0 fully saturated rings. The monoisotopic (exact) mass is 366 g/mol. The normalized spacial score (nSPS) is 12.4. The maximum Gasteiger partial charge on any atom is 0.0175 e. The quantitative estimate of drug-likeness (QED) is 0.627. The molecular weight excluding hydrogens is 352 g/mol. The highest BCUT2D eigenvalue weighted by atomic mass is 79.9. The molecule has 0 nitrogen and oxygen atoms in total. The van der Waals surface area contributed by atoms with E-state index >= 15 is 0 Å². The average molecular weight is 368 g/mol. The molecule has 0 aliphatic rings. The second-order valence-corrected chi connectivity index (χ2v) is 6.10. The van der Waals surface area contributed by atoms with Crippen molar-refractivity contribution in [1.82, 2.24) is 0 Å². The van der Waals surface area contributed by atoms with Gasteiger partial charge in [0.1, 0.15) is 0 Å². The third-order valence-corrected chi connectivity index (χ3v) is 4.57. The van der Waals surface area contributed by atoms with E-state index in [0.717, 1.165) is 16.2 Å². The zero-order chi connectivity index (χ0) is 13.0. The minimum atomic E-state index is 0.527. The van der Waals surface area contributed by atoms with E-state index in [1.54, 1.807) is 0 Å². The van der Waals surface area contributed by atoms with Crippen molar-refractivity contribution in [2.24, 2.45) is 0 Å². The fourth-order valence-electron chi connectivity index (χ4n) is 2.10. The summed E-state index contributed by atoms with van der Waals surface area (Å²) in [6, 6.07) is 17.3. The first-order valence-electron chi connectivity index (χ1n) is 6.06. The number of benzene rings is 2. The van der Waals surface area contributed by atoms with Crippen molar-refractivity contribution in [3.05, 3.63) is 69.7 Å². The highest BCUT2D eigenvalue weighted by Gasteiger charge is 2.12. The van der Waals surface area contributed by atoms with E-state index in [0.29, 0.717) is 5.92 Å². The summed E-state index contributed by atoms with van der Waals surface area (Å²) in [6.45, 7) is 2.18. The molecular formula is C16H16Br2. The van der Waals surface area contributed by atoms with Gasteiger partial charge in [-0.15, -0.1) is 0 Å². The summed E-state index contributed by atoms with van der Waals surface area (Å²) < 4.78 is 1.13. The van der Waals surface area contributed by atoms with Crippen LogP contribution < -0.4 is 0 Å². The number of alkyl halides is 1. The van der Waals surface area contributed by atoms with Crippen LogP contribution in [0.3, 0.4) is 0 Å². The smallest absolute Gasteiger partial charge is 0.0175 e. The summed E-state index contributed by atoms with van der Waals surface area (Å²) in [5, 5.41) is 0.989. The number of hydrogen-bond acceptors (Lipinski definition) is 0. The molecule has 2 aromatic rings. The number of rotatable bonds is 4. The molecule has 0 N–H and O–H groups in total. The van der Waals surface area contributed by atoms with Gasteiger partial charge >= 0.3 is 0 Å². The molecule has 0 spiro atoms. The minimum Gasteiger partial charge on any atom is -0.0921 e. The van der Waals surface area contributed by atoms with Gasteiger partial charge in [0.05, 0.1) is 0 Å². The number of hydrogen-bond donors (Lipinski definition) is 0. The van der Waals surface area contributed by atoms with Gasteiger partial charge in [0.2, 0.25) is 0 Å². The van der Waals surface area contributed by atoms with Gasteiger partial charge < -0.3 is 0 Å². The van der Waals surface area contributed by atoms with Crippen LogP contribution >= 0.6 is 31.9 Å². The van der Waals surface area contributed by atoms with Crippen LogP contribution in [0.15, 0.2) is 53.0 Å². The Kier molecular flexibility index (Phi) is 5.02. The highest BCUT2D eigenvalue weighted by molar-refractivity contribution is 9.10. The largest absolute Gasteiger partial charge is 0.0921 e. The predicted octanol–water partition coefficient (Wildman–Crippen LogP) is 5.48. The Morgan fingerprint density at radius 1 is 1.00 bits per heavy atom. The van der Waals surface area contributed by atoms with Gasteiger partial charge in [-0.25, -0.2) is 0 Å². The lowest BCUT2D eigenvalue weighted by Crippen LogP contribution is -2.05. The third kappa shape index (κ3) is 3.46. The van der Waals surface area contributed by atoms with Crippen molar-refractivity contribution in [3.8, 4) is 0 Å². The van der Waals surface area contributed by atoms with Crippen LogP contribution in [0.2, 0.25) is 0 Å². The fourth-order valence-corrected chi connectivity index (χ4v) is 2.97. The summed E-state index contributed by atoms with van der Waals surface area (Å²) >= 11 is 7.12. The molecule has 1 unspecified atom stereocenters. The molecule has 0 saturated heterocycles. The molecule has 2 heteroatoms. The molecule has 0 radical (unpaired) electrons. The van der Waals surface area contributed by atoms with Crippen molar-refractivity contribution < 1.29 is 0 Å². The van der Waals surface area contributed by atoms with Crippen LogP contribution in [0, 0.1) is 6.92 Å². The minimum absolute atomic E-state index is 0.527. The lowest BCUT2D eigenvalue weighted by Gasteiger charge is -2.16. The van der Waals surface area contributed by atoms with Crippen LogP contribution in [-0.2, 0) is 6.42 Å². The topological polar surface area (TPSA) is 0 Å². The van der Waals surface area contributed by atoms with E-state index in [1.807, 2.05) is 0 Å². The number of aryl methyl sites for hydroxylation is 1. The molecule has 0 amide bonds. The van der Waals surface area contributed by atoms with Gasteiger partial charge in [-0.2, -0.15) is 0 Å². The Hall–Kier alpha value is -0.600. The first-order chi connectivity index (χ1) is 8.70. The van der Waals surface area contributed by atoms with E-state index in [-0.39, 0.29) is 0 Å². The zero-order valence-corrected chi connectivity index (χ0v) is 13.5. The Balaban J connectivity index is 2.20. The van der Waals surface area contributed by atoms with Crippen molar-refractivity contribution in [2.45, 2.75) is 19.3 Å². The second kappa shape index (κ2) is 6.53. The van der Waals surface area contributed by atoms with Crippen molar-refractivity contribution >= 4 is 31.9 Å². The van der Waals surface area contributed by atoms with Crippen LogP contribution in [0.1, 0.15) is 22.6 Å².